The maximum absolute atomic E-state index is 7.26. The van der Waals surface area contributed by atoms with E-state index in [4.69, 9.17) is 26.9 Å². The van der Waals surface area contributed by atoms with Crippen molar-refractivity contribution in [3.05, 3.63) is 108 Å². The fourth-order valence-corrected chi connectivity index (χ4v) is 19.9. The van der Waals surface area contributed by atoms with Gasteiger partial charge in [0.1, 0.15) is 0 Å². The van der Waals surface area contributed by atoms with E-state index in [2.05, 4.69) is 50.2 Å². The second-order valence-electron chi connectivity index (χ2n) is 14.0. The number of oxime groups is 1. The Bertz CT molecular complexity index is 1320. The van der Waals surface area contributed by atoms with Crippen molar-refractivity contribution in [3.8, 4) is 0 Å². The molecule has 4 atom stereocenters. The van der Waals surface area contributed by atoms with Crippen molar-refractivity contribution in [2.24, 2.45) is 5.16 Å². The average Bonchev–Trinajstić information content (AvgIpc) is 3.46. The average molecular weight is 795 g/mol. The number of nitrogens with zero attached hydrogens (tertiary/aromatic N) is 1. The molecule has 8 heteroatoms. The molecule has 0 aliphatic carbocycles. The summed E-state index contributed by atoms with van der Waals surface area (Å²) in [6, 6.07) is 30.4. The van der Waals surface area contributed by atoms with Gasteiger partial charge in [-0.05, 0) is 0 Å². The third-order valence-electron chi connectivity index (χ3n) is 9.31. The number of unbranched alkanes of at least 4 members (excludes halogenated alkanes) is 3. The number of ether oxygens (including phenoxy) is 4. The van der Waals surface area contributed by atoms with E-state index in [-0.39, 0.29) is 6.10 Å². The van der Waals surface area contributed by atoms with Gasteiger partial charge in [-0.15, -0.1) is 0 Å². The molecule has 4 rings (SSSR count). The summed E-state index contributed by atoms with van der Waals surface area (Å²) in [5, 5.41) is 4.43. The van der Waals surface area contributed by atoms with Crippen molar-refractivity contribution >= 4 is 25.0 Å². The predicted octanol–water partition coefficient (Wildman–Crippen LogP) is 10.2. The van der Waals surface area contributed by atoms with Gasteiger partial charge in [0.2, 0.25) is 0 Å². The van der Waals surface area contributed by atoms with Crippen molar-refractivity contribution in [2.45, 2.75) is 136 Å². The molecule has 274 valence electrons. The van der Waals surface area contributed by atoms with Crippen LogP contribution in [-0.2, 0) is 46.7 Å². The van der Waals surface area contributed by atoms with Gasteiger partial charge in [0, 0.05) is 0 Å². The molecule has 0 bridgehead atoms. The van der Waals surface area contributed by atoms with Crippen molar-refractivity contribution in [3.63, 3.8) is 0 Å². The predicted molar refractivity (Wildman–Crippen MR) is 204 cm³/mol. The number of benzene rings is 3. The zero-order chi connectivity index (χ0) is 35.5. The summed E-state index contributed by atoms with van der Waals surface area (Å²) >= 11 is -2.94. The molecule has 7 nitrogen and oxygen atoms in total. The molecule has 1 aliphatic rings. The summed E-state index contributed by atoms with van der Waals surface area (Å²) in [6.45, 7) is 12.4. The Hall–Kier alpha value is -2.27. The minimum atomic E-state index is -2.94. The molecule has 0 saturated carbocycles. The quantitative estimate of drug-likeness (QED) is 0.0511. The second kappa shape index (κ2) is 21.9. The van der Waals surface area contributed by atoms with Gasteiger partial charge in [0.05, 0.1) is 0 Å². The second-order valence-corrected chi connectivity index (χ2v) is 25.8. The summed E-state index contributed by atoms with van der Waals surface area (Å²) < 4.78 is 37.9. The first-order valence-corrected chi connectivity index (χ1v) is 26.1. The van der Waals surface area contributed by atoms with Gasteiger partial charge in [-0.25, -0.2) is 0 Å². The topological polar surface area (TPSA) is 67.7 Å². The molecular formula is C42H61NO6Sn. The third-order valence-corrected chi connectivity index (χ3v) is 22.4. The van der Waals surface area contributed by atoms with Crippen LogP contribution in [0.15, 0.2) is 96.2 Å². The Morgan fingerprint density at radius 2 is 1.16 bits per heavy atom. The molecule has 4 unspecified atom stereocenters. The Labute approximate surface area is 306 Å². The molecule has 0 radical (unpaired) electrons. The Morgan fingerprint density at radius 3 is 1.66 bits per heavy atom. The zero-order valence-corrected chi connectivity index (χ0v) is 34.0. The van der Waals surface area contributed by atoms with E-state index in [1.165, 1.54) is 51.8 Å². The van der Waals surface area contributed by atoms with E-state index >= 15 is 0 Å². The number of rotatable bonds is 24. The summed E-state index contributed by atoms with van der Waals surface area (Å²) in [5.74, 6) is -0.813. The molecule has 3 aromatic rings. The molecule has 0 amide bonds. The van der Waals surface area contributed by atoms with Crippen molar-refractivity contribution in [2.75, 3.05) is 6.61 Å². The van der Waals surface area contributed by atoms with Gasteiger partial charge in [0.15, 0.2) is 0 Å². The molecular weight excluding hydrogens is 733 g/mol. The van der Waals surface area contributed by atoms with Crippen LogP contribution in [0.2, 0.25) is 13.3 Å². The Balaban J connectivity index is 1.63. The van der Waals surface area contributed by atoms with E-state index in [1.807, 2.05) is 80.6 Å². The summed E-state index contributed by atoms with van der Waals surface area (Å²) in [5.41, 5.74) is 3.17. The fraction of sp³-hybridized carbons (Fsp3) is 0.548. The Morgan fingerprint density at radius 1 is 0.680 bits per heavy atom. The third kappa shape index (κ3) is 13.7. The molecule has 3 aromatic carbocycles. The van der Waals surface area contributed by atoms with Gasteiger partial charge >= 0.3 is 290 Å². The van der Waals surface area contributed by atoms with Gasteiger partial charge < -0.3 is 0 Å². The Kier molecular flexibility index (Phi) is 17.8. The van der Waals surface area contributed by atoms with Gasteiger partial charge in [0.25, 0.3) is 0 Å². The summed E-state index contributed by atoms with van der Waals surface area (Å²) in [6.07, 6.45) is 7.09. The SMILES string of the molecule is CCC[CH2][Sn]([CH2]CCC)([CH2]CCC)[O]CC1OC(C)(C)OC1C(OCc1ccccc1)C(/C=N/OCc1ccccc1)OCc1ccccc1. The first kappa shape index (κ1) is 40.5. The first-order chi connectivity index (χ1) is 24.4. The van der Waals surface area contributed by atoms with Crippen LogP contribution in [-0.4, -0.2) is 61.8 Å². The minimum absolute atomic E-state index is 0.326. The van der Waals surface area contributed by atoms with Crippen LogP contribution in [0.1, 0.15) is 89.8 Å². The van der Waals surface area contributed by atoms with Gasteiger partial charge in [-0.1, -0.05) is 18.2 Å². The molecule has 1 aliphatic heterocycles. The molecule has 0 N–H and O–H groups in total. The van der Waals surface area contributed by atoms with Crippen molar-refractivity contribution in [1.29, 1.82) is 0 Å². The monoisotopic (exact) mass is 795 g/mol. The number of hydrogen-bond donors (Lipinski definition) is 0. The molecule has 1 saturated heterocycles. The number of hydrogen-bond acceptors (Lipinski definition) is 7. The van der Waals surface area contributed by atoms with E-state index in [1.54, 1.807) is 6.21 Å². The van der Waals surface area contributed by atoms with E-state index in [9.17, 15) is 0 Å². The summed E-state index contributed by atoms with van der Waals surface area (Å²) in [4.78, 5) is 5.80. The van der Waals surface area contributed by atoms with E-state index in [0.717, 1.165) is 16.7 Å². The van der Waals surface area contributed by atoms with Crippen LogP contribution >= 0.6 is 0 Å². The van der Waals surface area contributed by atoms with Crippen LogP contribution in [0.5, 0.6) is 0 Å². The van der Waals surface area contributed by atoms with Crippen molar-refractivity contribution in [1.82, 2.24) is 0 Å². The fourth-order valence-electron chi connectivity index (χ4n) is 6.54. The molecule has 0 spiro atoms. The normalized spacial score (nSPS) is 18.7. The first-order valence-electron chi connectivity index (χ1n) is 18.9. The maximum atomic E-state index is 7.26. The van der Waals surface area contributed by atoms with Crippen LogP contribution in [0.25, 0.3) is 0 Å². The summed E-state index contributed by atoms with van der Waals surface area (Å²) in [7, 11) is 0. The van der Waals surface area contributed by atoms with Crippen LogP contribution < -0.4 is 0 Å². The van der Waals surface area contributed by atoms with Crippen LogP contribution in [0.4, 0.5) is 0 Å². The standard InChI is InChI=1S/C30H34NO6.3C4H9.Sn/c1-30(2)36-27(19-32)29(37-30)28(34-21-24-14-8-4-9-15-24)26(33-20-23-12-6-3-7-13-23)18-31-35-22-25-16-10-5-11-17-25;3*1-3-4-2;/h3-18,26-29H,19-22H2,1-2H3;3*1,3-4H2,2H3;/q-1;;;;+1/b31-18+;;;;. The molecule has 0 aromatic heterocycles. The van der Waals surface area contributed by atoms with E-state index in [0.29, 0.717) is 26.4 Å². The van der Waals surface area contributed by atoms with Crippen molar-refractivity contribution < 1.29 is 26.9 Å². The van der Waals surface area contributed by atoms with Crippen LogP contribution in [0.3, 0.4) is 0 Å². The van der Waals surface area contributed by atoms with Gasteiger partial charge in [-0.3, -0.25) is 0 Å². The van der Waals surface area contributed by atoms with Crippen LogP contribution in [0, 0.1) is 0 Å². The zero-order valence-electron chi connectivity index (χ0n) is 31.1. The molecule has 50 heavy (non-hydrogen) atoms. The van der Waals surface area contributed by atoms with E-state index < -0.39 is 42.9 Å². The van der Waals surface area contributed by atoms with Gasteiger partial charge in [-0.2, -0.15) is 0 Å². The molecule has 1 heterocycles. The molecule has 1 fully saturated rings.